The highest BCUT2D eigenvalue weighted by Gasteiger charge is 2.24. The van der Waals surface area contributed by atoms with Crippen molar-refractivity contribution in [2.45, 2.75) is 43.7 Å². The smallest absolute Gasteiger partial charge is 0.408 e. The van der Waals surface area contributed by atoms with E-state index in [4.69, 9.17) is 9.84 Å². The fraction of sp³-hybridized carbons (Fsp3) is 0.467. The molecule has 1 atom stereocenters. The summed E-state index contributed by atoms with van der Waals surface area (Å²) in [5.41, 5.74) is -0.768. The summed E-state index contributed by atoms with van der Waals surface area (Å²) in [6.07, 6.45) is -1.01. The number of amides is 1. The van der Waals surface area contributed by atoms with Gasteiger partial charge in [0.05, 0.1) is 4.90 Å². The largest absolute Gasteiger partial charge is 0.480 e. The molecular formula is C15H21BrN2O6S. The van der Waals surface area contributed by atoms with Crippen LogP contribution in [-0.2, 0) is 19.6 Å². The fourth-order valence-corrected chi connectivity index (χ4v) is 3.05. The van der Waals surface area contributed by atoms with Gasteiger partial charge in [0.2, 0.25) is 10.0 Å². The SMILES string of the molecule is CC(C)(C)OC(=O)N[C@@H](CCNS(=O)(=O)c1ccc(Br)cc1)C(=O)O. The molecule has 25 heavy (non-hydrogen) atoms. The molecular weight excluding hydrogens is 416 g/mol. The Morgan fingerprint density at radius 3 is 2.28 bits per heavy atom. The summed E-state index contributed by atoms with van der Waals surface area (Å²) in [7, 11) is -3.76. The molecule has 0 spiro atoms. The number of sulfonamides is 1. The second kappa shape index (κ2) is 8.63. The summed E-state index contributed by atoms with van der Waals surface area (Å²) in [6.45, 7) is 4.78. The number of rotatable bonds is 7. The van der Waals surface area contributed by atoms with Crippen LogP contribution in [0.3, 0.4) is 0 Å². The molecule has 0 saturated heterocycles. The van der Waals surface area contributed by atoms with Gasteiger partial charge in [0.1, 0.15) is 11.6 Å². The van der Waals surface area contributed by atoms with E-state index < -0.39 is 33.7 Å². The highest BCUT2D eigenvalue weighted by molar-refractivity contribution is 9.10. The Bertz CT molecular complexity index is 713. The van der Waals surface area contributed by atoms with Gasteiger partial charge in [-0.1, -0.05) is 15.9 Å². The Morgan fingerprint density at radius 1 is 1.24 bits per heavy atom. The van der Waals surface area contributed by atoms with E-state index in [1.165, 1.54) is 12.1 Å². The quantitative estimate of drug-likeness (QED) is 0.601. The molecule has 3 N–H and O–H groups in total. The molecule has 0 heterocycles. The number of alkyl carbamates (subject to hydrolysis) is 1. The zero-order valence-corrected chi connectivity index (χ0v) is 16.5. The zero-order valence-electron chi connectivity index (χ0n) is 14.1. The van der Waals surface area contributed by atoms with E-state index in [-0.39, 0.29) is 17.9 Å². The highest BCUT2D eigenvalue weighted by atomic mass is 79.9. The van der Waals surface area contributed by atoms with Crippen LogP contribution < -0.4 is 10.0 Å². The van der Waals surface area contributed by atoms with Gasteiger partial charge in [-0.3, -0.25) is 0 Å². The Labute approximate surface area is 155 Å². The molecule has 10 heteroatoms. The van der Waals surface area contributed by atoms with Gasteiger partial charge in [-0.05, 0) is 51.5 Å². The second-order valence-electron chi connectivity index (χ2n) is 6.18. The average molecular weight is 437 g/mol. The van der Waals surface area contributed by atoms with Crippen LogP contribution >= 0.6 is 15.9 Å². The molecule has 0 aliphatic heterocycles. The number of carboxylic acids is 1. The maximum Gasteiger partial charge on any atom is 0.408 e. The topological polar surface area (TPSA) is 122 Å². The summed E-state index contributed by atoms with van der Waals surface area (Å²) in [5.74, 6) is -1.28. The van der Waals surface area contributed by atoms with E-state index in [1.54, 1.807) is 32.9 Å². The summed E-state index contributed by atoms with van der Waals surface area (Å²) in [6, 6.07) is 4.72. The highest BCUT2D eigenvalue weighted by Crippen LogP contribution is 2.14. The lowest BCUT2D eigenvalue weighted by Crippen LogP contribution is -2.45. The normalized spacial score (nSPS) is 13.1. The first-order valence-corrected chi connectivity index (χ1v) is 9.66. The van der Waals surface area contributed by atoms with Crippen molar-refractivity contribution in [3.05, 3.63) is 28.7 Å². The number of aliphatic carboxylic acids is 1. The molecule has 0 aliphatic carbocycles. The van der Waals surface area contributed by atoms with Crippen LogP contribution in [0.1, 0.15) is 27.2 Å². The van der Waals surface area contributed by atoms with Crippen LogP contribution in [0.4, 0.5) is 4.79 Å². The summed E-state index contributed by atoms with van der Waals surface area (Å²) in [4.78, 5) is 22.9. The molecule has 140 valence electrons. The lowest BCUT2D eigenvalue weighted by Gasteiger charge is -2.22. The number of ether oxygens (including phenoxy) is 1. The maximum atomic E-state index is 12.1. The first kappa shape index (κ1) is 21.4. The molecule has 8 nitrogen and oxygen atoms in total. The number of carboxylic acid groups (broad SMARTS) is 1. The molecule has 1 aromatic rings. The molecule has 0 bridgehead atoms. The minimum absolute atomic E-state index is 0.0580. The molecule has 1 amide bonds. The maximum absolute atomic E-state index is 12.1. The number of carbonyl (C=O) groups is 2. The molecule has 0 aliphatic rings. The number of carbonyl (C=O) groups excluding carboxylic acids is 1. The summed E-state index contributed by atoms with van der Waals surface area (Å²) in [5, 5.41) is 11.3. The van der Waals surface area contributed by atoms with Crippen molar-refractivity contribution in [1.82, 2.24) is 10.0 Å². The van der Waals surface area contributed by atoms with Crippen LogP contribution in [0.25, 0.3) is 0 Å². The van der Waals surface area contributed by atoms with Crippen LogP contribution in [0, 0.1) is 0 Å². The van der Waals surface area contributed by atoms with Crippen LogP contribution in [0.2, 0.25) is 0 Å². The molecule has 0 radical (unpaired) electrons. The van der Waals surface area contributed by atoms with Gasteiger partial charge in [-0.2, -0.15) is 0 Å². The third-order valence-electron chi connectivity index (χ3n) is 2.84. The van der Waals surface area contributed by atoms with Crippen molar-refractivity contribution in [3.8, 4) is 0 Å². The van der Waals surface area contributed by atoms with Crippen molar-refractivity contribution in [2.24, 2.45) is 0 Å². The third-order valence-corrected chi connectivity index (χ3v) is 4.84. The van der Waals surface area contributed by atoms with Crippen LogP contribution in [-0.4, -0.2) is 43.8 Å². The minimum atomic E-state index is -3.76. The fourth-order valence-electron chi connectivity index (χ4n) is 1.74. The van der Waals surface area contributed by atoms with Crippen molar-refractivity contribution >= 4 is 38.0 Å². The zero-order chi connectivity index (χ0) is 19.3. The number of nitrogens with one attached hydrogen (secondary N) is 2. The van der Waals surface area contributed by atoms with Gasteiger partial charge in [0.15, 0.2) is 0 Å². The van der Waals surface area contributed by atoms with Gasteiger partial charge >= 0.3 is 12.1 Å². The molecule has 0 aromatic heterocycles. The Morgan fingerprint density at radius 2 is 1.80 bits per heavy atom. The van der Waals surface area contributed by atoms with Crippen LogP contribution in [0.5, 0.6) is 0 Å². The molecule has 1 aromatic carbocycles. The minimum Gasteiger partial charge on any atom is -0.480 e. The third kappa shape index (κ3) is 7.84. The van der Waals surface area contributed by atoms with Gasteiger partial charge in [-0.15, -0.1) is 0 Å². The van der Waals surface area contributed by atoms with Crippen molar-refractivity contribution in [2.75, 3.05) is 6.54 Å². The van der Waals surface area contributed by atoms with Crippen molar-refractivity contribution < 1.29 is 27.9 Å². The number of halogens is 1. The van der Waals surface area contributed by atoms with E-state index in [0.717, 1.165) is 4.47 Å². The first-order chi connectivity index (χ1) is 11.4. The van der Waals surface area contributed by atoms with Crippen molar-refractivity contribution in [3.63, 3.8) is 0 Å². The number of benzene rings is 1. The van der Waals surface area contributed by atoms with E-state index in [1.807, 2.05) is 0 Å². The number of hydrogen-bond acceptors (Lipinski definition) is 5. The lowest BCUT2D eigenvalue weighted by molar-refractivity contribution is -0.139. The average Bonchev–Trinajstić information content (AvgIpc) is 2.44. The predicted molar refractivity (Wildman–Crippen MR) is 94.7 cm³/mol. The van der Waals surface area contributed by atoms with E-state index in [9.17, 15) is 18.0 Å². The molecule has 0 saturated carbocycles. The van der Waals surface area contributed by atoms with Crippen molar-refractivity contribution in [1.29, 1.82) is 0 Å². The van der Waals surface area contributed by atoms with Gasteiger partial charge < -0.3 is 15.2 Å². The lowest BCUT2D eigenvalue weighted by atomic mass is 10.2. The first-order valence-electron chi connectivity index (χ1n) is 7.38. The van der Waals surface area contributed by atoms with Crippen LogP contribution in [0.15, 0.2) is 33.6 Å². The van der Waals surface area contributed by atoms with E-state index >= 15 is 0 Å². The molecule has 1 rings (SSSR count). The van der Waals surface area contributed by atoms with E-state index in [2.05, 4.69) is 26.0 Å². The van der Waals surface area contributed by atoms with Gasteiger partial charge in [0.25, 0.3) is 0 Å². The predicted octanol–water partition coefficient (Wildman–Crippen LogP) is 2.10. The monoisotopic (exact) mass is 436 g/mol. The van der Waals surface area contributed by atoms with Gasteiger partial charge in [-0.25, -0.2) is 22.7 Å². The number of hydrogen-bond donors (Lipinski definition) is 3. The van der Waals surface area contributed by atoms with E-state index in [0.29, 0.717) is 0 Å². The Balaban J connectivity index is 2.62. The summed E-state index contributed by atoms with van der Waals surface area (Å²) < 4.78 is 32.3. The van der Waals surface area contributed by atoms with Gasteiger partial charge in [0, 0.05) is 11.0 Å². The Hall–Kier alpha value is -1.65. The Kier molecular flexibility index (Phi) is 7.39. The summed E-state index contributed by atoms with van der Waals surface area (Å²) >= 11 is 3.21. The molecule has 0 unspecified atom stereocenters. The molecule has 0 fully saturated rings. The standard InChI is InChI=1S/C15H21BrN2O6S/c1-15(2,3)24-14(21)18-12(13(19)20)8-9-17-25(22,23)11-6-4-10(16)5-7-11/h4-7,12,17H,8-9H2,1-3H3,(H,18,21)(H,19,20)/t12-/m0/s1. The second-order valence-corrected chi connectivity index (χ2v) is 8.86.